The Bertz CT molecular complexity index is 586. The molecule has 0 aliphatic heterocycles. The summed E-state index contributed by atoms with van der Waals surface area (Å²) in [4.78, 5) is 25.0. The van der Waals surface area contributed by atoms with Crippen molar-refractivity contribution >= 4 is 11.8 Å². The van der Waals surface area contributed by atoms with Crippen molar-refractivity contribution in [2.24, 2.45) is 5.92 Å². The van der Waals surface area contributed by atoms with Gasteiger partial charge in [-0.1, -0.05) is 36.4 Å². The molecule has 25 heavy (non-hydrogen) atoms. The van der Waals surface area contributed by atoms with E-state index in [2.05, 4.69) is 6.58 Å². The fraction of sp³-hybridized carbons (Fsp3) is 0.444. The van der Waals surface area contributed by atoms with Gasteiger partial charge in [0.1, 0.15) is 0 Å². The Morgan fingerprint density at radius 1 is 1.20 bits per heavy atom. The monoisotopic (exact) mass is 356 g/mol. The molecule has 0 unspecified atom stereocenters. The van der Waals surface area contributed by atoms with Crippen molar-refractivity contribution in [3.8, 4) is 0 Å². The Hall–Kier alpha value is -2.31. The summed E-state index contributed by atoms with van der Waals surface area (Å²) in [7, 11) is 3.25. The van der Waals surface area contributed by atoms with Crippen LogP contribution in [0.25, 0.3) is 0 Å². The van der Waals surface area contributed by atoms with E-state index >= 15 is 0 Å². The fourth-order valence-corrected chi connectivity index (χ4v) is 2.52. The van der Waals surface area contributed by atoms with Gasteiger partial charge in [-0.25, -0.2) is 0 Å². The molecule has 1 N–H and O–H groups in total. The number of nitrogens with one attached hydrogen (secondary N) is 1. The van der Waals surface area contributed by atoms with Gasteiger partial charge in [-0.3, -0.25) is 9.59 Å². The molecule has 138 valence electrons. The van der Waals surface area contributed by atoms with Crippen LogP contribution >= 0.6 is 0 Å². The molecular weight excluding hydrogens is 333 g/mol. The van der Waals surface area contributed by atoms with Gasteiger partial charge in [0.15, 0.2) is 0 Å². The molecule has 0 bridgehead atoms. The lowest BCUT2D eigenvalue weighted by atomic mass is 9.92. The van der Waals surface area contributed by atoms with Gasteiger partial charge < -0.3 is 10.2 Å². The molecule has 1 aromatic rings. The predicted octanol–water partition coefficient (Wildman–Crippen LogP) is 3.47. The first-order valence-electron chi connectivity index (χ1n) is 7.91. The maximum absolute atomic E-state index is 12.6. The number of carbonyl (C=O) groups excluding carboxylic acids is 2. The third kappa shape index (κ3) is 6.60. The van der Waals surface area contributed by atoms with Crippen LogP contribution in [0.3, 0.4) is 0 Å². The highest BCUT2D eigenvalue weighted by atomic mass is 19.4. The van der Waals surface area contributed by atoms with Crippen molar-refractivity contribution in [2.45, 2.75) is 31.5 Å². The second-order valence-corrected chi connectivity index (χ2v) is 5.97. The lowest BCUT2D eigenvalue weighted by Crippen LogP contribution is -2.39. The summed E-state index contributed by atoms with van der Waals surface area (Å²) in [6.45, 7) is 3.62. The minimum atomic E-state index is -4.95. The Balaban J connectivity index is 2.91. The summed E-state index contributed by atoms with van der Waals surface area (Å²) in [5.41, 5.74) is 0.565. The van der Waals surface area contributed by atoms with Crippen molar-refractivity contribution in [3.63, 3.8) is 0 Å². The van der Waals surface area contributed by atoms with Gasteiger partial charge in [-0.15, -0.1) is 6.58 Å². The first-order chi connectivity index (χ1) is 11.7. The standard InChI is InChI=1S/C18H23F3N2O2/c1-4-8-14(16(24)23(2)3)11-12-15(13-9-6-5-7-10-13)22-17(25)18(19,20)21/h4-7,9-10,14-15H,1,8,11-12H2,2-3H3,(H,22,25)/t14-,15+/m0/s1. The number of alkyl halides is 3. The Morgan fingerprint density at radius 3 is 2.28 bits per heavy atom. The van der Waals surface area contributed by atoms with Crippen LogP contribution in [0.2, 0.25) is 0 Å². The van der Waals surface area contributed by atoms with Gasteiger partial charge in [0, 0.05) is 20.0 Å². The molecule has 0 aromatic heterocycles. The van der Waals surface area contributed by atoms with Crippen LogP contribution in [0.5, 0.6) is 0 Å². The van der Waals surface area contributed by atoms with E-state index in [0.717, 1.165) is 0 Å². The number of halogens is 3. The maximum Gasteiger partial charge on any atom is 0.471 e. The molecule has 0 fully saturated rings. The van der Waals surface area contributed by atoms with E-state index in [1.54, 1.807) is 50.5 Å². The lowest BCUT2D eigenvalue weighted by molar-refractivity contribution is -0.174. The summed E-state index contributed by atoms with van der Waals surface area (Å²) in [6, 6.07) is 7.59. The van der Waals surface area contributed by atoms with E-state index in [1.165, 1.54) is 4.90 Å². The smallest absolute Gasteiger partial charge is 0.349 e. The third-order valence-electron chi connectivity index (χ3n) is 3.81. The number of allylic oxidation sites excluding steroid dienone is 1. The van der Waals surface area contributed by atoms with Crippen molar-refractivity contribution in [2.75, 3.05) is 14.1 Å². The molecule has 2 atom stereocenters. The topological polar surface area (TPSA) is 49.4 Å². The average Bonchev–Trinajstić information content (AvgIpc) is 2.56. The minimum absolute atomic E-state index is 0.117. The minimum Gasteiger partial charge on any atom is -0.349 e. The van der Waals surface area contributed by atoms with Crippen LogP contribution in [0, 0.1) is 5.92 Å². The van der Waals surface area contributed by atoms with E-state index in [4.69, 9.17) is 0 Å². The molecule has 1 rings (SSSR count). The number of hydrogen-bond acceptors (Lipinski definition) is 2. The second kappa shape index (κ2) is 9.25. The summed E-state index contributed by atoms with van der Waals surface area (Å²) < 4.78 is 37.8. The summed E-state index contributed by atoms with van der Waals surface area (Å²) in [5.74, 6) is -2.49. The van der Waals surface area contributed by atoms with Crippen LogP contribution in [-0.2, 0) is 9.59 Å². The normalized spacial score (nSPS) is 13.6. The predicted molar refractivity (Wildman–Crippen MR) is 89.6 cm³/mol. The second-order valence-electron chi connectivity index (χ2n) is 5.97. The number of amides is 2. The van der Waals surface area contributed by atoms with Gasteiger partial charge in [-0.05, 0) is 24.8 Å². The molecule has 0 heterocycles. The Morgan fingerprint density at radius 2 is 1.80 bits per heavy atom. The Labute approximate surface area is 145 Å². The maximum atomic E-state index is 12.6. The average molecular weight is 356 g/mol. The highest BCUT2D eigenvalue weighted by Crippen LogP contribution is 2.25. The van der Waals surface area contributed by atoms with Gasteiger partial charge >= 0.3 is 12.1 Å². The summed E-state index contributed by atoms with van der Waals surface area (Å²) in [6.07, 6.45) is -2.37. The quantitative estimate of drug-likeness (QED) is 0.725. The largest absolute Gasteiger partial charge is 0.471 e. The molecule has 0 saturated heterocycles. The molecule has 0 spiro atoms. The van der Waals surface area contributed by atoms with Crippen molar-refractivity contribution in [3.05, 3.63) is 48.6 Å². The van der Waals surface area contributed by atoms with Crippen LogP contribution in [0.1, 0.15) is 30.9 Å². The molecule has 0 aliphatic rings. The van der Waals surface area contributed by atoms with Crippen molar-refractivity contribution in [1.29, 1.82) is 0 Å². The van der Waals surface area contributed by atoms with E-state index in [-0.39, 0.29) is 18.2 Å². The zero-order valence-electron chi connectivity index (χ0n) is 14.3. The molecular formula is C18H23F3N2O2. The fourth-order valence-electron chi connectivity index (χ4n) is 2.52. The van der Waals surface area contributed by atoms with Crippen LogP contribution in [0.15, 0.2) is 43.0 Å². The highest BCUT2D eigenvalue weighted by Gasteiger charge is 2.40. The summed E-state index contributed by atoms with van der Waals surface area (Å²) in [5, 5.41) is 2.02. The molecule has 4 nitrogen and oxygen atoms in total. The first-order valence-corrected chi connectivity index (χ1v) is 7.91. The zero-order valence-corrected chi connectivity index (χ0v) is 14.3. The number of carbonyl (C=O) groups is 2. The molecule has 2 amide bonds. The van der Waals surface area contributed by atoms with E-state index < -0.39 is 18.1 Å². The van der Waals surface area contributed by atoms with Crippen molar-refractivity contribution in [1.82, 2.24) is 10.2 Å². The van der Waals surface area contributed by atoms with Gasteiger partial charge in [0.25, 0.3) is 0 Å². The zero-order chi connectivity index (χ0) is 19.0. The first kappa shape index (κ1) is 20.7. The molecule has 0 aliphatic carbocycles. The van der Waals surface area contributed by atoms with Crippen molar-refractivity contribution < 1.29 is 22.8 Å². The highest BCUT2D eigenvalue weighted by molar-refractivity contribution is 5.82. The van der Waals surface area contributed by atoms with Gasteiger partial charge in [-0.2, -0.15) is 13.2 Å². The van der Waals surface area contributed by atoms with E-state index in [1.807, 2.05) is 5.32 Å². The van der Waals surface area contributed by atoms with Gasteiger partial charge in [0.2, 0.25) is 5.91 Å². The molecule has 1 aromatic carbocycles. The number of benzene rings is 1. The van der Waals surface area contributed by atoms with Crippen LogP contribution in [0.4, 0.5) is 13.2 Å². The SMILES string of the molecule is C=CC[C@@H](CC[C@@H](NC(=O)C(F)(F)F)c1ccccc1)C(=O)N(C)C. The Kier molecular flexibility index (Phi) is 7.67. The van der Waals surface area contributed by atoms with Crippen LogP contribution in [-0.4, -0.2) is 37.0 Å². The molecule has 0 saturated carbocycles. The van der Waals surface area contributed by atoms with Gasteiger partial charge in [0.05, 0.1) is 6.04 Å². The number of hydrogen-bond donors (Lipinski definition) is 1. The third-order valence-corrected chi connectivity index (χ3v) is 3.81. The molecule has 0 radical (unpaired) electrons. The molecule has 7 heteroatoms. The number of nitrogens with zero attached hydrogens (tertiary/aromatic N) is 1. The van der Waals surface area contributed by atoms with Crippen LogP contribution < -0.4 is 5.32 Å². The number of rotatable bonds is 8. The summed E-state index contributed by atoms with van der Waals surface area (Å²) >= 11 is 0. The van der Waals surface area contributed by atoms with E-state index in [9.17, 15) is 22.8 Å². The van der Waals surface area contributed by atoms with E-state index in [0.29, 0.717) is 18.4 Å². The lowest BCUT2D eigenvalue weighted by Gasteiger charge is -2.24.